The van der Waals surface area contributed by atoms with Crippen molar-refractivity contribution in [1.82, 2.24) is 14.8 Å². The van der Waals surface area contributed by atoms with Gasteiger partial charge >= 0.3 is 6.18 Å². The van der Waals surface area contributed by atoms with Crippen LogP contribution in [0.4, 0.5) is 19.1 Å². The zero-order chi connectivity index (χ0) is 14.3. The summed E-state index contributed by atoms with van der Waals surface area (Å²) in [5.74, 6) is 0.967. The van der Waals surface area contributed by atoms with Gasteiger partial charge in [-0.25, -0.2) is 4.68 Å². The van der Waals surface area contributed by atoms with Crippen molar-refractivity contribution in [3.05, 3.63) is 41.2 Å². The molecule has 0 bridgehead atoms. The highest BCUT2D eigenvalue weighted by Crippen LogP contribution is 2.34. The summed E-state index contributed by atoms with van der Waals surface area (Å²) in [4.78, 5) is 4.11. The molecule has 20 heavy (non-hydrogen) atoms. The number of nitrogen functional groups attached to an aromatic ring is 1. The van der Waals surface area contributed by atoms with Crippen molar-refractivity contribution in [1.29, 1.82) is 0 Å². The minimum atomic E-state index is -4.31. The molecule has 1 aromatic heterocycles. The number of rotatable bonds is 1. The molecular weight excluding hydrogens is 269 g/mol. The van der Waals surface area contributed by atoms with Gasteiger partial charge in [-0.05, 0) is 24.0 Å². The van der Waals surface area contributed by atoms with Crippen molar-refractivity contribution < 1.29 is 13.2 Å². The molecule has 3 rings (SSSR count). The molecule has 2 N–H and O–H groups in total. The normalized spacial score (nSPS) is 18.9. The van der Waals surface area contributed by atoms with Crippen LogP contribution in [0.5, 0.6) is 0 Å². The number of alkyl halides is 3. The van der Waals surface area contributed by atoms with Crippen LogP contribution < -0.4 is 5.73 Å². The number of fused-ring (bicyclic) bond motifs is 1. The Labute approximate surface area is 113 Å². The van der Waals surface area contributed by atoms with Crippen LogP contribution in [0, 0.1) is 0 Å². The molecule has 0 amide bonds. The fourth-order valence-corrected chi connectivity index (χ4v) is 2.58. The number of nitrogens with two attached hydrogens (primary N) is 1. The van der Waals surface area contributed by atoms with E-state index in [1.165, 1.54) is 12.1 Å². The van der Waals surface area contributed by atoms with Gasteiger partial charge in [0.25, 0.3) is 0 Å². The highest BCUT2D eigenvalue weighted by molar-refractivity contribution is 5.30. The lowest BCUT2D eigenvalue weighted by Gasteiger charge is -2.23. The second-order valence-corrected chi connectivity index (χ2v) is 4.92. The molecule has 0 aliphatic carbocycles. The third kappa shape index (κ3) is 2.35. The molecule has 1 unspecified atom stereocenters. The fourth-order valence-electron chi connectivity index (χ4n) is 2.58. The zero-order valence-corrected chi connectivity index (χ0v) is 10.6. The second kappa shape index (κ2) is 4.50. The molecule has 1 aliphatic heterocycles. The van der Waals surface area contributed by atoms with Crippen LogP contribution in [-0.4, -0.2) is 14.8 Å². The van der Waals surface area contributed by atoms with Crippen LogP contribution >= 0.6 is 0 Å². The molecule has 0 saturated carbocycles. The molecule has 0 radical (unpaired) electrons. The van der Waals surface area contributed by atoms with Gasteiger partial charge in [0.2, 0.25) is 5.95 Å². The van der Waals surface area contributed by atoms with Gasteiger partial charge in [0.1, 0.15) is 5.82 Å². The first-order valence-corrected chi connectivity index (χ1v) is 6.30. The zero-order valence-electron chi connectivity index (χ0n) is 10.6. The van der Waals surface area contributed by atoms with Gasteiger partial charge in [0, 0.05) is 13.0 Å². The maximum Gasteiger partial charge on any atom is 0.416 e. The Morgan fingerprint density at radius 2 is 2.10 bits per heavy atom. The van der Waals surface area contributed by atoms with E-state index in [2.05, 4.69) is 10.1 Å². The number of hydrogen-bond acceptors (Lipinski definition) is 3. The number of anilines is 1. The lowest BCUT2D eigenvalue weighted by Crippen LogP contribution is -2.19. The van der Waals surface area contributed by atoms with E-state index in [0.29, 0.717) is 18.5 Å². The third-order valence-corrected chi connectivity index (χ3v) is 3.57. The summed E-state index contributed by atoms with van der Waals surface area (Å²) in [6, 6.07) is 5.49. The maximum atomic E-state index is 12.7. The van der Waals surface area contributed by atoms with E-state index in [1.807, 2.05) is 0 Å². The first-order chi connectivity index (χ1) is 9.43. The van der Waals surface area contributed by atoms with Gasteiger partial charge < -0.3 is 5.73 Å². The summed E-state index contributed by atoms with van der Waals surface area (Å²) >= 11 is 0. The van der Waals surface area contributed by atoms with E-state index in [4.69, 9.17) is 5.73 Å². The van der Waals surface area contributed by atoms with Gasteiger partial charge in [0.15, 0.2) is 0 Å². The van der Waals surface area contributed by atoms with Gasteiger partial charge in [-0.3, -0.25) is 0 Å². The summed E-state index contributed by atoms with van der Waals surface area (Å²) in [7, 11) is 0. The van der Waals surface area contributed by atoms with Crippen LogP contribution in [-0.2, 0) is 19.1 Å². The number of halogens is 3. The molecule has 106 valence electrons. The topological polar surface area (TPSA) is 56.7 Å². The predicted octanol–water partition coefficient (Wildman–Crippen LogP) is 2.61. The number of aryl methyl sites for hydroxylation is 1. The largest absolute Gasteiger partial charge is 0.416 e. The van der Waals surface area contributed by atoms with Crippen molar-refractivity contribution in [3.8, 4) is 0 Å². The summed E-state index contributed by atoms with van der Waals surface area (Å²) in [6.07, 6.45) is -3.02. The van der Waals surface area contributed by atoms with Crippen LogP contribution in [0.2, 0.25) is 0 Å². The fraction of sp³-hybridized carbons (Fsp3) is 0.385. The Hall–Kier alpha value is -2.05. The summed E-state index contributed by atoms with van der Waals surface area (Å²) in [6.45, 7) is 0.625. The van der Waals surface area contributed by atoms with Crippen molar-refractivity contribution in [3.63, 3.8) is 0 Å². The quantitative estimate of drug-likeness (QED) is 0.874. The van der Waals surface area contributed by atoms with Crippen molar-refractivity contribution in [2.24, 2.45) is 0 Å². The Morgan fingerprint density at radius 3 is 2.85 bits per heavy atom. The Morgan fingerprint density at radius 1 is 1.30 bits per heavy atom. The molecule has 1 atom stereocenters. The Bertz CT molecular complexity index is 633. The van der Waals surface area contributed by atoms with Gasteiger partial charge in [0.05, 0.1) is 5.56 Å². The van der Waals surface area contributed by atoms with Crippen LogP contribution in [0.3, 0.4) is 0 Å². The first kappa shape index (κ1) is 13.0. The number of hydrogen-bond donors (Lipinski definition) is 1. The van der Waals surface area contributed by atoms with Crippen LogP contribution in [0.15, 0.2) is 24.3 Å². The molecule has 1 aliphatic rings. The summed E-state index contributed by atoms with van der Waals surface area (Å²) in [5, 5.41) is 4.04. The van der Waals surface area contributed by atoms with E-state index >= 15 is 0 Å². The summed E-state index contributed by atoms with van der Waals surface area (Å²) in [5.41, 5.74) is 5.61. The smallest absolute Gasteiger partial charge is 0.366 e. The van der Waals surface area contributed by atoms with E-state index < -0.39 is 11.7 Å². The van der Waals surface area contributed by atoms with E-state index in [-0.39, 0.29) is 11.9 Å². The van der Waals surface area contributed by atoms with E-state index in [0.717, 1.165) is 18.3 Å². The Balaban J connectivity index is 1.88. The lowest BCUT2D eigenvalue weighted by molar-refractivity contribution is -0.137. The van der Waals surface area contributed by atoms with Crippen LogP contribution in [0.1, 0.15) is 29.3 Å². The minimum absolute atomic E-state index is 0.0217. The molecule has 0 fully saturated rings. The number of aromatic nitrogens is 3. The summed E-state index contributed by atoms with van der Waals surface area (Å²) < 4.78 is 39.9. The highest BCUT2D eigenvalue weighted by Gasteiger charge is 2.31. The molecule has 0 spiro atoms. The molecule has 7 heteroatoms. The van der Waals surface area contributed by atoms with E-state index in [1.54, 1.807) is 10.7 Å². The second-order valence-electron chi connectivity index (χ2n) is 4.92. The van der Waals surface area contributed by atoms with Crippen LogP contribution in [0.25, 0.3) is 0 Å². The first-order valence-electron chi connectivity index (χ1n) is 6.30. The molecule has 4 nitrogen and oxygen atoms in total. The molecule has 2 heterocycles. The third-order valence-electron chi connectivity index (χ3n) is 3.57. The molecule has 2 aromatic rings. The predicted molar refractivity (Wildman–Crippen MR) is 66.9 cm³/mol. The molecule has 1 aromatic carbocycles. The monoisotopic (exact) mass is 282 g/mol. The van der Waals surface area contributed by atoms with Gasteiger partial charge in [-0.1, -0.05) is 18.2 Å². The van der Waals surface area contributed by atoms with Gasteiger partial charge in [-0.2, -0.15) is 18.2 Å². The average Bonchev–Trinajstić information content (AvgIpc) is 2.77. The van der Waals surface area contributed by atoms with Crippen molar-refractivity contribution in [2.75, 3.05) is 5.73 Å². The van der Waals surface area contributed by atoms with Crippen molar-refractivity contribution in [2.45, 2.75) is 31.5 Å². The lowest BCUT2D eigenvalue weighted by atomic mass is 9.89. The Kier molecular flexibility index (Phi) is 2.92. The number of nitrogens with zero attached hydrogens (tertiary/aromatic N) is 3. The SMILES string of the molecule is Nc1nc2n(n1)CCC(c1cccc(C(F)(F)F)c1)C2. The van der Waals surface area contributed by atoms with E-state index in [9.17, 15) is 13.2 Å². The van der Waals surface area contributed by atoms with Crippen molar-refractivity contribution >= 4 is 5.95 Å². The highest BCUT2D eigenvalue weighted by atomic mass is 19.4. The molecule has 0 saturated heterocycles. The average molecular weight is 282 g/mol. The van der Waals surface area contributed by atoms with Gasteiger partial charge in [-0.15, -0.1) is 5.10 Å². The standard InChI is InChI=1S/C13H13F3N4/c14-13(15,16)10-3-1-2-8(6-10)9-4-5-20-11(7-9)18-12(17)19-20/h1-3,6,9H,4-5,7H2,(H2,17,19). The maximum absolute atomic E-state index is 12.7. The minimum Gasteiger partial charge on any atom is -0.366 e. The number of benzene rings is 1. The molecular formula is C13H13F3N4.